The van der Waals surface area contributed by atoms with Crippen LogP contribution >= 0.6 is 22.9 Å². The van der Waals surface area contributed by atoms with Gasteiger partial charge in [-0.05, 0) is 43.4 Å². The number of aromatic nitrogens is 2. The number of hydrogen-bond acceptors (Lipinski definition) is 5. The molecule has 1 saturated heterocycles. The Bertz CT molecular complexity index is 911. The molecule has 3 heterocycles. The maximum absolute atomic E-state index is 6.05. The fraction of sp³-hybridized carbons (Fsp3) is 0.400. The van der Waals surface area contributed by atoms with Crippen LogP contribution in [-0.4, -0.2) is 40.0 Å². The van der Waals surface area contributed by atoms with Crippen molar-refractivity contribution < 1.29 is 0 Å². The van der Waals surface area contributed by atoms with Crippen molar-refractivity contribution in [1.82, 2.24) is 14.9 Å². The largest absolute Gasteiger partial charge is 0.367 e. The quantitative estimate of drug-likeness (QED) is 0.683. The predicted molar refractivity (Wildman–Crippen MR) is 109 cm³/mol. The Kier molecular flexibility index (Phi) is 4.31. The maximum Gasteiger partial charge on any atom is 0.139 e. The Morgan fingerprint density at radius 1 is 1.04 bits per heavy atom. The summed E-state index contributed by atoms with van der Waals surface area (Å²) in [6.07, 6.45) is 6.82. The van der Waals surface area contributed by atoms with E-state index in [1.807, 2.05) is 12.1 Å². The molecule has 0 radical (unpaired) electrons. The van der Waals surface area contributed by atoms with Gasteiger partial charge in [-0.1, -0.05) is 23.7 Å². The molecule has 134 valence electrons. The van der Waals surface area contributed by atoms with Gasteiger partial charge in [0.1, 0.15) is 17.0 Å². The third-order valence-corrected chi connectivity index (χ3v) is 6.60. The number of anilines is 1. The molecule has 6 heteroatoms. The lowest BCUT2D eigenvalue weighted by molar-refractivity contribution is 0.210. The highest BCUT2D eigenvalue weighted by molar-refractivity contribution is 7.17. The second kappa shape index (κ2) is 6.80. The average Bonchev–Trinajstić information content (AvgIpc) is 3.42. The molecule has 1 N–H and O–H groups in total. The van der Waals surface area contributed by atoms with E-state index in [1.165, 1.54) is 44.3 Å². The van der Waals surface area contributed by atoms with Gasteiger partial charge in [0.05, 0.1) is 5.39 Å². The molecule has 3 aromatic rings. The van der Waals surface area contributed by atoms with Gasteiger partial charge in [-0.2, -0.15) is 0 Å². The minimum Gasteiger partial charge on any atom is -0.367 e. The number of nitrogens with zero attached hydrogens (tertiary/aromatic N) is 3. The number of halogens is 1. The van der Waals surface area contributed by atoms with E-state index in [4.69, 9.17) is 11.6 Å². The molecule has 2 fully saturated rings. The summed E-state index contributed by atoms with van der Waals surface area (Å²) in [7, 11) is 0. The molecule has 2 aliphatic rings. The summed E-state index contributed by atoms with van der Waals surface area (Å²) in [5.74, 6) is 0.964. The summed E-state index contributed by atoms with van der Waals surface area (Å²) in [5, 5.41) is 7.77. The van der Waals surface area contributed by atoms with E-state index in [0.29, 0.717) is 6.04 Å². The van der Waals surface area contributed by atoms with Gasteiger partial charge in [0, 0.05) is 41.1 Å². The Balaban J connectivity index is 1.42. The first-order chi connectivity index (χ1) is 12.8. The summed E-state index contributed by atoms with van der Waals surface area (Å²) in [6, 6.07) is 9.36. The fourth-order valence-corrected chi connectivity index (χ4v) is 4.91. The molecule has 26 heavy (non-hydrogen) atoms. The second-order valence-corrected chi connectivity index (χ2v) is 8.54. The second-order valence-electron chi connectivity index (χ2n) is 7.24. The number of fused-ring (bicyclic) bond motifs is 1. The van der Waals surface area contributed by atoms with Gasteiger partial charge in [-0.15, -0.1) is 11.3 Å². The third kappa shape index (κ3) is 3.20. The maximum atomic E-state index is 6.05. The van der Waals surface area contributed by atoms with Crippen LogP contribution < -0.4 is 5.32 Å². The first kappa shape index (κ1) is 16.5. The first-order valence-corrected chi connectivity index (χ1v) is 10.5. The molecule has 5 rings (SSSR count). The van der Waals surface area contributed by atoms with Crippen LogP contribution in [0.4, 0.5) is 5.82 Å². The van der Waals surface area contributed by atoms with Crippen LogP contribution in [0.1, 0.15) is 25.7 Å². The number of nitrogens with one attached hydrogen (secondary N) is 1. The van der Waals surface area contributed by atoms with Crippen LogP contribution in [-0.2, 0) is 0 Å². The van der Waals surface area contributed by atoms with Crippen molar-refractivity contribution >= 4 is 39.0 Å². The fourth-order valence-electron chi connectivity index (χ4n) is 3.87. The van der Waals surface area contributed by atoms with Gasteiger partial charge in [0.2, 0.25) is 0 Å². The van der Waals surface area contributed by atoms with Gasteiger partial charge >= 0.3 is 0 Å². The minimum absolute atomic E-state index is 0.487. The van der Waals surface area contributed by atoms with E-state index in [9.17, 15) is 0 Å². The number of rotatable bonds is 4. The molecule has 4 nitrogen and oxygen atoms in total. The molecule has 0 spiro atoms. The van der Waals surface area contributed by atoms with E-state index >= 15 is 0 Å². The van der Waals surface area contributed by atoms with Gasteiger partial charge in [-0.25, -0.2) is 9.97 Å². The van der Waals surface area contributed by atoms with E-state index in [2.05, 4.69) is 37.7 Å². The average molecular weight is 385 g/mol. The molecular formula is C20H21ClN4S. The Hall–Kier alpha value is -1.69. The molecule has 1 aliphatic carbocycles. The van der Waals surface area contributed by atoms with E-state index < -0.39 is 0 Å². The highest BCUT2D eigenvalue weighted by Gasteiger charge is 2.32. The van der Waals surface area contributed by atoms with Crippen LogP contribution in [0.3, 0.4) is 0 Å². The molecule has 0 atom stereocenters. The predicted octanol–water partition coefficient (Wildman–Crippen LogP) is 5.05. The summed E-state index contributed by atoms with van der Waals surface area (Å²) in [5.41, 5.74) is 2.34. The van der Waals surface area contributed by atoms with E-state index in [0.717, 1.165) is 32.7 Å². The Labute approximate surface area is 162 Å². The van der Waals surface area contributed by atoms with Crippen molar-refractivity contribution in [3.05, 3.63) is 41.0 Å². The van der Waals surface area contributed by atoms with Gasteiger partial charge < -0.3 is 10.2 Å². The third-order valence-electron chi connectivity index (χ3n) is 5.46. The zero-order chi connectivity index (χ0) is 17.5. The number of piperidine rings is 1. The van der Waals surface area contributed by atoms with Crippen LogP contribution in [0.2, 0.25) is 5.02 Å². The number of benzene rings is 1. The van der Waals surface area contributed by atoms with Gasteiger partial charge in [-0.3, -0.25) is 0 Å². The van der Waals surface area contributed by atoms with Crippen molar-refractivity contribution in [2.45, 2.75) is 37.8 Å². The van der Waals surface area contributed by atoms with Gasteiger partial charge in [0.25, 0.3) is 0 Å². The summed E-state index contributed by atoms with van der Waals surface area (Å²) < 4.78 is 0. The molecule has 1 aliphatic heterocycles. The standard InChI is InChI=1S/C20H21ClN4S/c21-14-3-1-13(2-4-14)17-11-26-20-18(17)19(22-12-23-20)24-15-7-9-25(10-8-15)16-5-6-16/h1-4,11-12,15-16H,5-10H2,(H,22,23,24). The smallest absolute Gasteiger partial charge is 0.139 e. The molecule has 1 saturated carbocycles. The summed E-state index contributed by atoms with van der Waals surface area (Å²) in [4.78, 5) is 12.7. The highest BCUT2D eigenvalue weighted by atomic mass is 35.5. The number of likely N-dealkylation sites (tertiary alicyclic amines) is 1. The van der Waals surface area contributed by atoms with Crippen molar-refractivity contribution in [3.8, 4) is 11.1 Å². The monoisotopic (exact) mass is 384 g/mol. The van der Waals surface area contributed by atoms with Crippen LogP contribution in [0, 0.1) is 0 Å². The van der Waals surface area contributed by atoms with Crippen molar-refractivity contribution in [3.63, 3.8) is 0 Å². The highest BCUT2D eigenvalue weighted by Crippen LogP contribution is 2.37. The van der Waals surface area contributed by atoms with Crippen LogP contribution in [0.25, 0.3) is 21.3 Å². The normalized spacial score (nSPS) is 19.1. The molecular weight excluding hydrogens is 364 g/mol. The zero-order valence-corrected chi connectivity index (χ0v) is 16.1. The van der Waals surface area contributed by atoms with Crippen LogP contribution in [0.15, 0.2) is 36.0 Å². The summed E-state index contributed by atoms with van der Waals surface area (Å²) in [6.45, 7) is 2.40. The van der Waals surface area contributed by atoms with E-state index in [1.54, 1.807) is 17.7 Å². The molecule has 0 unspecified atom stereocenters. The minimum atomic E-state index is 0.487. The van der Waals surface area contributed by atoms with Crippen LogP contribution in [0.5, 0.6) is 0 Å². The number of thiophene rings is 1. The SMILES string of the molecule is Clc1ccc(-c2csc3ncnc(NC4CCN(C5CC5)CC4)c23)cc1. The van der Waals surface area contributed by atoms with Gasteiger partial charge in [0.15, 0.2) is 0 Å². The molecule has 0 amide bonds. The van der Waals surface area contributed by atoms with Crippen molar-refractivity contribution in [2.24, 2.45) is 0 Å². The molecule has 2 aromatic heterocycles. The van der Waals surface area contributed by atoms with Crippen molar-refractivity contribution in [1.29, 1.82) is 0 Å². The van der Waals surface area contributed by atoms with E-state index in [-0.39, 0.29) is 0 Å². The zero-order valence-electron chi connectivity index (χ0n) is 14.5. The summed E-state index contributed by atoms with van der Waals surface area (Å²) >= 11 is 7.72. The van der Waals surface area contributed by atoms with Crippen molar-refractivity contribution in [2.75, 3.05) is 18.4 Å². The molecule has 0 bridgehead atoms. The lowest BCUT2D eigenvalue weighted by Gasteiger charge is -2.32. The first-order valence-electron chi connectivity index (χ1n) is 9.26. The Morgan fingerprint density at radius 3 is 2.54 bits per heavy atom. The lowest BCUT2D eigenvalue weighted by Crippen LogP contribution is -2.40. The topological polar surface area (TPSA) is 41.1 Å². The lowest BCUT2D eigenvalue weighted by atomic mass is 10.0. The Morgan fingerprint density at radius 2 is 1.81 bits per heavy atom. The number of hydrogen-bond donors (Lipinski definition) is 1. The molecule has 1 aromatic carbocycles.